The van der Waals surface area contributed by atoms with Gasteiger partial charge in [0.2, 0.25) is 0 Å². The smallest absolute Gasteiger partial charge is 0.0719 e. The summed E-state index contributed by atoms with van der Waals surface area (Å²) in [6, 6.07) is 8.95. The molecule has 1 aliphatic heterocycles. The molecule has 3 rings (SSSR count). The molecule has 1 aliphatic carbocycles. The Morgan fingerprint density at radius 2 is 1.52 bits per heavy atom. The highest BCUT2D eigenvalue weighted by Crippen LogP contribution is 2.38. The minimum Gasteiger partial charge on any atom is -0.376 e. The SMILES string of the molecule is CC.CC.CC1COCC2=CCCC=C2c2ccccc2C(C)C1C. The van der Waals surface area contributed by atoms with E-state index in [-0.39, 0.29) is 0 Å². The highest BCUT2D eigenvalue weighted by Gasteiger charge is 2.26. The van der Waals surface area contributed by atoms with E-state index in [0.29, 0.717) is 17.8 Å². The Morgan fingerprint density at radius 3 is 2.24 bits per heavy atom. The first-order valence-corrected chi connectivity index (χ1v) is 10.2. The second kappa shape index (κ2) is 11.3. The third-order valence-corrected chi connectivity index (χ3v) is 5.32. The topological polar surface area (TPSA) is 9.23 Å². The van der Waals surface area contributed by atoms with E-state index < -0.39 is 0 Å². The van der Waals surface area contributed by atoms with Crippen molar-refractivity contribution in [2.75, 3.05) is 13.2 Å². The van der Waals surface area contributed by atoms with E-state index >= 15 is 0 Å². The second-order valence-corrected chi connectivity index (χ2v) is 6.65. The van der Waals surface area contributed by atoms with Crippen LogP contribution in [-0.4, -0.2) is 13.2 Å². The first-order valence-electron chi connectivity index (χ1n) is 10.2. The summed E-state index contributed by atoms with van der Waals surface area (Å²) in [5, 5.41) is 0. The number of hydrogen-bond donors (Lipinski definition) is 0. The van der Waals surface area contributed by atoms with Crippen LogP contribution in [-0.2, 0) is 4.74 Å². The van der Waals surface area contributed by atoms with Crippen LogP contribution in [0, 0.1) is 11.8 Å². The lowest BCUT2D eigenvalue weighted by Gasteiger charge is -2.31. The minimum absolute atomic E-state index is 0.557. The summed E-state index contributed by atoms with van der Waals surface area (Å²) in [6.07, 6.45) is 7.06. The van der Waals surface area contributed by atoms with Crippen molar-refractivity contribution in [3.63, 3.8) is 0 Å². The summed E-state index contributed by atoms with van der Waals surface area (Å²) in [5.74, 6) is 1.77. The van der Waals surface area contributed by atoms with Gasteiger partial charge in [-0.2, -0.15) is 0 Å². The quantitative estimate of drug-likeness (QED) is 0.482. The summed E-state index contributed by atoms with van der Waals surface area (Å²) in [5.41, 5.74) is 5.70. The normalized spacial score (nSPS) is 25.5. The Balaban J connectivity index is 0.000000730. The number of fused-ring (bicyclic) bond motifs is 3. The van der Waals surface area contributed by atoms with E-state index in [0.717, 1.165) is 26.1 Å². The average molecular weight is 343 g/mol. The third-order valence-electron chi connectivity index (χ3n) is 5.32. The summed E-state index contributed by atoms with van der Waals surface area (Å²) < 4.78 is 6.02. The van der Waals surface area contributed by atoms with Crippen molar-refractivity contribution in [1.29, 1.82) is 0 Å². The van der Waals surface area contributed by atoms with E-state index in [1.165, 1.54) is 22.3 Å². The zero-order valence-corrected chi connectivity index (χ0v) is 17.4. The molecular formula is C24H38O. The first kappa shape index (κ1) is 21.7. The monoisotopic (exact) mass is 342 g/mol. The van der Waals surface area contributed by atoms with Gasteiger partial charge in [-0.05, 0) is 52.9 Å². The predicted octanol–water partition coefficient (Wildman–Crippen LogP) is 7.25. The molecule has 2 aliphatic rings. The lowest BCUT2D eigenvalue weighted by atomic mass is 9.77. The molecule has 0 fully saturated rings. The second-order valence-electron chi connectivity index (χ2n) is 6.65. The van der Waals surface area contributed by atoms with Gasteiger partial charge < -0.3 is 4.74 Å². The molecule has 3 atom stereocenters. The standard InChI is InChI=1S/C20H26O.2C2H6/c1-14-12-21-13-17-8-4-5-10-19(17)20-11-7-6-9-18(20)16(3)15(14)2;2*1-2/h6-11,14-16H,4-5,12-13H2,1-3H3;2*1-2H3. The largest absolute Gasteiger partial charge is 0.376 e. The van der Waals surface area contributed by atoms with Crippen molar-refractivity contribution in [2.24, 2.45) is 11.8 Å². The number of hydrogen-bond acceptors (Lipinski definition) is 1. The summed E-state index contributed by atoms with van der Waals surface area (Å²) in [7, 11) is 0. The van der Waals surface area contributed by atoms with Crippen LogP contribution in [0.1, 0.15) is 78.4 Å². The maximum Gasteiger partial charge on any atom is 0.0719 e. The molecule has 0 amide bonds. The van der Waals surface area contributed by atoms with Gasteiger partial charge in [0.15, 0.2) is 0 Å². The van der Waals surface area contributed by atoms with Crippen LogP contribution in [0.15, 0.2) is 42.0 Å². The van der Waals surface area contributed by atoms with Crippen molar-refractivity contribution < 1.29 is 4.74 Å². The zero-order chi connectivity index (χ0) is 18.8. The fraction of sp³-hybridized carbons (Fsp3) is 0.583. The molecule has 1 aromatic rings. The van der Waals surface area contributed by atoms with Crippen molar-refractivity contribution in [2.45, 2.75) is 67.2 Å². The van der Waals surface area contributed by atoms with Gasteiger partial charge in [-0.25, -0.2) is 0 Å². The van der Waals surface area contributed by atoms with Crippen molar-refractivity contribution in [3.8, 4) is 0 Å². The molecule has 1 aromatic carbocycles. The van der Waals surface area contributed by atoms with Crippen LogP contribution >= 0.6 is 0 Å². The molecule has 140 valence electrons. The predicted molar refractivity (Wildman–Crippen MR) is 112 cm³/mol. The van der Waals surface area contributed by atoms with E-state index in [9.17, 15) is 0 Å². The molecule has 0 spiro atoms. The molecule has 0 radical (unpaired) electrons. The van der Waals surface area contributed by atoms with Crippen molar-refractivity contribution in [3.05, 3.63) is 53.1 Å². The lowest BCUT2D eigenvalue weighted by Crippen LogP contribution is -2.23. The molecule has 0 N–H and O–H groups in total. The van der Waals surface area contributed by atoms with E-state index in [4.69, 9.17) is 4.74 Å². The van der Waals surface area contributed by atoms with E-state index in [1.54, 1.807) is 0 Å². The fourth-order valence-corrected chi connectivity index (χ4v) is 3.57. The van der Waals surface area contributed by atoms with E-state index in [2.05, 4.69) is 57.2 Å². The van der Waals surface area contributed by atoms with E-state index in [1.807, 2.05) is 27.7 Å². The van der Waals surface area contributed by atoms with Gasteiger partial charge in [0.05, 0.1) is 6.61 Å². The number of benzene rings is 1. The Bertz CT molecular complexity index is 567. The summed E-state index contributed by atoms with van der Waals surface area (Å²) in [6.45, 7) is 16.7. The van der Waals surface area contributed by atoms with Gasteiger partial charge in [0, 0.05) is 6.61 Å². The summed E-state index contributed by atoms with van der Waals surface area (Å²) in [4.78, 5) is 0. The van der Waals surface area contributed by atoms with Crippen LogP contribution in [0.5, 0.6) is 0 Å². The van der Waals surface area contributed by atoms with Gasteiger partial charge in [-0.15, -0.1) is 0 Å². The van der Waals surface area contributed by atoms with Gasteiger partial charge in [-0.3, -0.25) is 0 Å². The molecule has 0 saturated heterocycles. The Labute approximate surface area is 156 Å². The number of allylic oxidation sites excluding steroid dienone is 2. The molecule has 0 saturated carbocycles. The average Bonchev–Trinajstić information content (AvgIpc) is 2.69. The van der Waals surface area contributed by atoms with Gasteiger partial charge >= 0.3 is 0 Å². The lowest BCUT2D eigenvalue weighted by molar-refractivity contribution is 0.0985. The van der Waals surface area contributed by atoms with Gasteiger partial charge in [-0.1, -0.05) is 84.9 Å². The van der Waals surface area contributed by atoms with Crippen LogP contribution in [0.4, 0.5) is 0 Å². The Hall–Kier alpha value is -1.34. The van der Waals surface area contributed by atoms with Crippen LogP contribution in [0.25, 0.3) is 5.57 Å². The first-order chi connectivity index (χ1) is 12.2. The highest BCUT2D eigenvalue weighted by molar-refractivity contribution is 5.82. The molecule has 1 heterocycles. The summed E-state index contributed by atoms with van der Waals surface area (Å²) >= 11 is 0. The third kappa shape index (κ3) is 5.31. The fourth-order valence-electron chi connectivity index (χ4n) is 3.57. The van der Waals surface area contributed by atoms with Crippen LogP contribution in [0.2, 0.25) is 0 Å². The molecule has 1 nitrogen and oxygen atoms in total. The zero-order valence-electron chi connectivity index (χ0n) is 17.4. The van der Waals surface area contributed by atoms with Crippen LogP contribution < -0.4 is 0 Å². The number of ether oxygens (including phenoxy) is 1. The maximum atomic E-state index is 6.02. The molecule has 0 aromatic heterocycles. The molecular weight excluding hydrogens is 304 g/mol. The highest BCUT2D eigenvalue weighted by atomic mass is 16.5. The maximum absolute atomic E-state index is 6.02. The van der Waals surface area contributed by atoms with Crippen molar-refractivity contribution in [1.82, 2.24) is 0 Å². The molecule has 1 heteroatoms. The minimum atomic E-state index is 0.557. The van der Waals surface area contributed by atoms with Gasteiger partial charge in [0.25, 0.3) is 0 Å². The van der Waals surface area contributed by atoms with Gasteiger partial charge in [0.1, 0.15) is 0 Å². The molecule has 3 unspecified atom stereocenters. The molecule has 0 bridgehead atoms. The van der Waals surface area contributed by atoms with Crippen LogP contribution in [0.3, 0.4) is 0 Å². The Kier molecular flexibility index (Phi) is 9.82. The Morgan fingerprint density at radius 1 is 0.880 bits per heavy atom. The van der Waals surface area contributed by atoms with Crippen molar-refractivity contribution >= 4 is 5.57 Å². The molecule has 25 heavy (non-hydrogen) atoms. The number of rotatable bonds is 0.